The van der Waals surface area contributed by atoms with Crippen LogP contribution in [-0.2, 0) is 0 Å². The summed E-state index contributed by atoms with van der Waals surface area (Å²) in [5.74, 6) is 1.48. The van der Waals surface area contributed by atoms with Gasteiger partial charge in [-0.1, -0.05) is 12.1 Å². The number of carbonyl (C=O) groups is 1. The van der Waals surface area contributed by atoms with Crippen molar-refractivity contribution in [2.45, 2.75) is 19.8 Å². The Hall–Kier alpha value is -1.35. The Bertz CT molecular complexity index is 417. The van der Waals surface area contributed by atoms with Gasteiger partial charge in [-0.05, 0) is 45.5 Å². The van der Waals surface area contributed by atoms with Crippen LogP contribution in [0, 0.1) is 5.92 Å². The molecule has 0 N–H and O–H groups in total. The van der Waals surface area contributed by atoms with Crippen LogP contribution in [0.25, 0.3) is 0 Å². The van der Waals surface area contributed by atoms with Crippen molar-refractivity contribution in [1.29, 1.82) is 0 Å². The number of ketones is 1. The van der Waals surface area contributed by atoms with E-state index in [4.69, 9.17) is 4.74 Å². The second-order valence-electron chi connectivity index (χ2n) is 5.17. The highest BCUT2D eigenvalue weighted by Gasteiger charge is 2.17. The third-order valence-corrected chi connectivity index (χ3v) is 3.45. The Morgan fingerprint density at radius 1 is 1.50 bits per heavy atom. The Labute approximate surface area is 109 Å². The van der Waals surface area contributed by atoms with Gasteiger partial charge in [-0.25, -0.2) is 0 Å². The van der Waals surface area contributed by atoms with E-state index in [1.165, 1.54) is 19.4 Å². The Kier molecular flexibility index (Phi) is 4.37. The first-order chi connectivity index (χ1) is 8.65. The van der Waals surface area contributed by atoms with Gasteiger partial charge in [0.15, 0.2) is 5.78 Å². The maximum absolute atomic E-state index is 11.3. The van der Waals surface area contributed by atoms with Gasteiger partial charge in [0.1, 0.15) is 5.75 Å². The van der Waals surface area contributed by atoms with E-state index in [0.29, 0.717) is 11.5 Å². The second-order valence-corrected chi connectivity index (χ2v) is 5.17. The van der Waals surface area contributed by atoms with Gasteiger partial charge in [0.2, 0.25) is 0 Å². The van der Waals surface area contributed by atoms with Crippen molar-refractivity contribution < 1.29 is 9.53 Å². The van der Waals surface area contributed by atoms with E-state index < -0.39 is 0 Å². The molecule has 1 unspecified atom stereocenters. The predicted molar refractivity (Wildman–Crippen MR) is 72.2 cm³/mol. The average molecular weight is 247 g/mol. The quantitative estimate of drug-likeness (QED) is 0.766. The monoisotopic (exact) mass is 247 g/mol. The van der Waals surface area contributed by atoms with E-state index in [-0.39, 0.29) is 5.78 Å². The molecule has 1 heterocycles. The van der Waals surface area contributed by atoms with Gasteiger partial charge in [0.25, 0.3) is 0 Å². The SMILES string of the molecule is CC(=O)c1cccc(OCC2CCCN(C)C2)c1. The largest absolute Gasteiger partial charge is 0.493 e. The molecule has 18 heavy (non-hydrogen) atoms. The molecule has 0 aromatic heterocycles. The van der Waals surface area contributed by atoms with Gasteiger partial charge in [-0.15, -0.1) is 0 Å². The van der Waals surface area contributed by atoms with Crippen molar-refractivity contribution >= 4 is 5.78 Å². The summed E-state index contributed by atoms with van der Waals surface area (Å²) in [6, 6.07) is 7.44. The summed E-state index contributed by atoms with van der Waals surface area (Å²) in [5.41, 5.74) is 0.716. The van der Waals surface area contributed by atoms with Crippen LogP contribution in [0.4, 0.5) is 0 Å². The molecular weight excluding hydrogens is 226 g/mol. The lowest BCUT2D eigenvalue weighted by Crippen LogP contribution is -2.34. The molecule has 1 fully saturated rings. The fourth-order valence-electron chi connectivity index (χ4n) is 2.43. The first kappa shape index (κ1) is 13.1. The van der Waals surface area contributed by atoms with E-state index in [0.717, 1.165) is 18.9 Å². The molecule has 1 aromatic rings. The number of piperidine rings is 1. The van der Waals surface area contributed by atoms with Gasteiger partial charge in [-0.3, -0.25) is 4.79 Å². The normalized spacial score (nSPS) is 20.7. The van der Waals surface area contributed by atoms with Gasteiger partial charge < -0.3 is 9.64 Å². The molecular formula is C15H21NO2. The number of ether oxygens (including phenoxy) is 1. The molecule has 98 valence electrons. The highest BCUT2D eigenvalue weighted by molar-refractivity contribution is 5.94. The van der Waals surface area contributed by atoms with E-state index in [2.05, 4.69) is 11.9 Å². The lowest BCUT2D eigenvalue weighted by atomic mass is 9.99. The maximum atomic E-state index is 11.3. The molecule has 3 nitrogen and oxygen atoms in total. The topological polar surface area (TPSA) is 29.5 Å². The van der Waals surface area contributed by atoms with Crippen LogP contribution in [0.15, 0.2) is 24.3 Å². The maximum Gasteiger partial charge on any atom is 0.159 e. The highest BCUT2D eigenvalue weighted by atomic mass is 16.5. The van der Waals surface area contributed by atoms with E-state index in [1.54, 1.807) is 6.92 Å². The third-order valence-electron chi connectivity index (χ3n) is 3.45. The number of carbonyl (C=O) groups excluding carboxylic acids is 1. The molecule has 1 aliphatic rings. The average Bonchev–Trinajstić information content (AvgIpc) is 2.37. The first-order valence-corrected chi connectivity index (χ1v) is 6.57. The number of rotatable bonds is 4. The number of benzene rings is 1. The fraction of sp³-hybridized carbons (Fsp3) is 0.533. The molecule has 3 heteroatoms. The Morgan fingerprint density at radius 2 is 2.33 bits per heavy atom. The molecule has 0 amide bonds. The van der Waals surface area contributed by atoms with Gasteiger partial charge in [-0.2, -0.15) is 0 Å². The van der Waals surface area contributed by atoms with Crippen LogP contribution in [-0.4, -0.2) is 37.4 Å². The van der Waals surface area contributed by atoms with Gasteiger partial charge in [0.05, 0.1) is 6.61 Å². The minimum Gasteiger partial charge on any atom is -0.493 e. The van der Waals surface area contributed by atoms with Crippen molar-refractivity contribution in [3.8, 4) is 5.75 Å². The lowest BCUT2D eigenvalue weighted by molar-refractivity contribution is 0.101. The standard InChI is InChI=1S/C15H21NO2/c1-12(17)14-6-3-7-15(9-14)18-11-13-5-4-8-16(2)10-13/h3,6-7,9,13H,4-5,8,10-11H2,1-2H3. The minimum absolute atomic E-state index is 0.0813. The number of hydrogen-bond acceptors (Lipinski definition) is 3. The molecule has 0 spiro atoms. The number of nitrogens with zero attached hydrogens (tertiary/aromatic N) is 1. The smallest absolute Gasteiger partial charge is 0.159 e. The summed E-state index contributed by atoms with van der Waals surface area (Å²) in [4.78, 5) is 13.6. The molecule has 1 atom stereocenters. The number of Topliss-reactive ketones (excluding diaryl/α,β-unsaturated/α-hetero) is 1. The summed E-state index contributed by atoms with van der Waals surface area (Å²) < 4.78 is 5.81. The van der Waals surface area contributed by atoms with Crippen molar-refractivity contribution in [1.82, 2.24) is 4.90 Å². The van der Waals surface area contributed by atoms with Gasteiger partial charge in [0, 0.05) is 18.0 Å². The first-order valence-electron chi connectivity index (χ1n) is 6.57. The van der Waals surface area contributed by atoms with E-state index >= 15 is 0 Å². The van der Waals surface area contributed by atoms with Crippen molar-refractivity contribution in [2.24, 2.45) is 5.92 Å². The number of hydrogen-bond donors (Lipinski definition) is 0. The zero-order chi connectivity index (χ0) is 13.0. The molecule has 0 bridgehead atoms. The summed E-state index contributed by atoms with van der Waals surface area (Å²) >= 11 is 0. The van der Waals surface area contributed by atoms with Gasteiger partial charge >= 0.3 is 0 Å². The van der Waals surface area contributed by atoms with Crippen LogP contribution in [0.5, 0.6) is 5.75 Å². The number of likely N-dealkylation sites (tertiary alicyclic amines) is 1. The predicted octanol–water partition coefficient (Wildman–Crippen LogP) is 2.61. The molecule has 1 saturated heterocycles. The lowest BCUT2D eigenvalue weighted by Gasteiger charge is -2.29. The highest BCUT2D eigenvalue weighted by Crippen LogP contribution is 2.19. The van der Waals surface area contributed by atoms with Crippen LogP contribution in [0.2, 0.25) is 0 Å². The van der Waals surface area contributed by atoms with Crippen LogP contribution < -0.4 is 4.74 Å². The molecule has 2 rings (SSSR count). The zero-order valence-electron chi connectivity index (χ0n) is 11.2. The van der Waals surface area contributed by atoms with Crippen LogP contribution in [0.3, 0.4) is 0 Å². The Balaban J connectivity index is 1.89. The molecule has 0 aliphatic carbocycles. The molecule has 0 radical (unpaired) electrons. The van der Waals surface area contributed by atoms with Crippen LogP contribution in [0.1, 0.15) is 30.1 Å². The summed E-state index contributed by atoms with van der Waals surface area (Å²) in [7, 11) is 2.16. The zero-order valence-corrected chi connectivity index (χ0v) is 11.2. The van der Waals surface area contributed by atoms with Crippen LogP contribution >= 0.6 is 0 Å². The molecule has 1 aromatic carbocycles. The third kappa shape index (κ3) is 3.57. The van der Waals surface area contributed by atoms with E-state index in [9.17, 15) is 4.79 Å². The second kappa shape index (κ2) is 6.01. The van der Waals surface area contributed by atoms with Crippen molar-refractivity contribution in [2.75, 3.05) is 26.7 Å². The Morgan fingerprint density at radius 3 is 3.06 bits per heavy atom. The van der Waals surface area contributed by atoms with Crippen molar-refractivity contribution in [3.05, 3.63) is 29.8 Å². The minimum atomic E-state index is 0.0813. The molecule has 1 aliphatic heterocycles. The summed E-state index contributed by atoms with van der Waals surface area (Å²) in [6.07, 6.45) is 2.48. The summed E-state index contributed by atoms with van der Waals surface area (Å²) in [6.45, 7) is 4.61. The van der Waals surface area contributed by atoms with Crippen molar-refractivity contribution in [3.63, 3.8) is 0 Å². The van der Waals surface area contributed by atoms with E-state index in [1.807, 2.05) is 24.3 Å². The molecule has 0 saturated carbocycles. The fourth-order valence-corrected chi connectivity index (χ4v) is 2.43. The summed E-state index contributed by atoms with van der Waals surface area (Å²) in [5, 5.41) is 0.